The van der Waals surface area contributed by atoms with Gasteiger partial charge in [-0.15, -0.1) is 0 Å². The number of carboxylic acids is 1. The highest BCUT2D eigenvalue weighted by atomic mass is 19.4. The molecule has 1 aliphatic rings. The molecule has 2 rings (SSSR count). The van der Waals surface area contributed by atoms with Crippen molar-refractivity contribution in [2.75, 3.05) is 6.54 Å². The molecule has 2 heterocycles. The largest absolute Gasteiger partial charge is 0.480 e. The SMILES string of the molecule is C[C@@H]1C[C@H](C(=O)O)N(C(=O)c2ccnc(C(F)(F)F)c2)C1. The Bertz CT molecular complexity index is 574. The fourth-order valence-electron chi connectivity index (χ4n) is 2.39. The Balaban J connectivity index is 2.30. The van der Waals surface area contributed by atoms with E-state index in [0.717, 1.165) is 17.2 Å². The highest BCUT2D eigenvalue weighted by Gasteiger charge is 2.39. The Morgan fingerprint density at radius 2 is 2.10 bits per heavy atom. The molecule has 8 heteroatoms. The average molecular weight is 302 g/mol. The number of likely N-dealkylation sites (tertiary alicyclic amines) is 1. The van der Waals surface area contributed by atoms with Crippen LogP contribution in [0.25, 0.3) is 0 Å². The second kappa shape index (κ2) is 5.34. The summed E-state index contributed by atoms with van der Waals surface area (Å²) in [5, 5.41) is 9.09. The lowest BCUT2D eigenvalue weighted by molar-refractivity contribution is -0.142. The van der Waals surface area contributed by atoms with Crippen LogP contribution in [0.15, 0.2) is 18.3 Å². The molecule has 1 aliphatic heterocycles. The minimum absolute atomic E-state index is 0.0148. The molecule has 0 bridgehead atoms. The molecule has 114 valence electrons. The van der Waals surface area contributed by atoms with Gasteiger partial charge < -0.3 is 10.0 Å². The van der Waals surface area contributed by atoms with Gasteiger partial charge in [0.05, 0.1) is 0 Å². The summed E-state index contributed by atoms with van der Waals surface area (Å²) in [5.74, 6) is -1.89. The van der Waals surface area contributed by atoms with Gasteiger partial charge in [-0.05, 0) is 24.5 Å². The molecule has 0 aromatic carbocycles. The fourth-order valence-corrected chi connectivity index (χ4v) is 2.39. The monoisotopic (exact) mass is 302 g/mol. The Hall–Kier alpha value is -2.12. The number of alkyl halides is 3. The summed E-state index contributed by atoms with van der Waals surface area (Å²) in [6, 6.07) is 0.791. The van der Waals surface area contributed by atoms with E-state index in [4.69, 9.17) is 5.11 Å². The molecule has 21 heavy (non-hydrogen) atoms. The number of nitrogens with zero attached hydrogens (tertiary/aromatic N) is 2. The van der Waals surface area contributed by atoms with Gasteiger partial charge >= 0.3 is 12.1 Å². The van der Waals surface area contributed by atoms with Gasteiger partial charge in [-0.25, -0.2) is 4.79 Å². The van der Waals surface area contributed by atoms with Crippen LogP contribution in [0.1, 0.15) is 29.4 Å². The van der Waals surface area contributed by atoms with Crippen molar-refractivity contribution < 1.29 is 27.9 Å². The second-order valence-electron chi connectivity index (χ2n) is 5.08. The number of halogens is 3. The number of aliphatic carboxylic acids is 1. The molecule has 1 saturated heterocycles. The molecule has 0 unspecified atom stereocenters. The molecule has 0 spiro atoms. The lowest BCUT2D eigenvalue weighted by Crippen LogP contribution is -2.40. The van der Waals surface area contributed by atoms with Gasteiger partial charge in [0, 0.05) is 18.3 Å². The van der Waals surface area contributed by atoms with Gasteiger partial charge in [0.15, 0.2) is 0 Å². The zero-order valence-corrected chi connectivity index (χ0v) is 11.1. The van der Waals surface area contributed by atoms with Crippen molar-refractivity contribution in [2.24, 2.45) is 5.92 Å². The molecule has 1 fully saturated rings. The number of carbonyl (C=O) groups excluding carboxylic acids is 1. The second-order valence-corrected chi connectivity index (χ2v) is 5.08. The van der Waals surface area contributed by atoms with Gasteiger partial charge in [0.1, 0.15) is 11.7 Å². The summed E-state index contributed by atoms with van der Waals surface area (Å²) in [5.41, 5.74) is -1.38. The van der Waals surface area contributed by atoms with Crippen molar-refractivity contribution in [1.82, 2.24) is 9.88 Å². The first-order valence-corrected chi connectivity index (χ1v) is 6.27. The average Bonchev–Trinajstić information content (AvgIpc) is 2.79. The van der Waals surface area contributed by atoms with Crippen molar-refractivity contribution in [1.29, 1.82) is 0 Å². The van der Waals surface area contributed by atoms with E-state index in [-0.39, 0.29) is 24.4 Å². The number of amides is 1. The van der Waals surface area contributed by atoms with Crippen LogP contribution < -0.4 is 0 Å². The van der Waals surface area contributed by atoms with Crippen LogP contribution in [0, 0.1) is 5.92 Å². The lowest BCUT2D eigenvalue weighted by atomic mass is 10.1. The van der Waals surface area contributed by atoms with Crippen molar-refractivity contribution in [2.45, 2.75) is 25.6 Å². The summed E-state index contributed by atoms with van der Waals surface area (Å²) in [6.07, 6.45) is -3.47. The van der Waals surface area contributed by atoms with Crippen molar-refractivity contribution in [3.8, 4) is 0 Å². The smallest absolute Gasteiger partial charge is 0.433 e. The Morgan fingerprint density at radius 3 is 2.67 bits per heavy atom. The molecule has 1 aromatic rings. The van der Waals surface area contributed by atoms with Crippen LogP contribution in [0.4, 0.5) is 13.2 Å². The molecule has 0 aliphatic carbocycles. The van der Waals surface area contributed by atoms with Crippen LogP contribution in [0.5, 0.6) is 0 Å². The van der Waals surface area contributed by atoms with E-state index in [1.54, 1.807) is 6.92 Å². The lowest BCUT2D eigenvalue weighted by Gasteiger charge is -2.21. The highest BCUT2D eigenvalue weighted by Crippen LogP contribution is 2.29. The van der Waals surface area contributed by atoms with E-state index in [2.05, 4.69) is 4.98 Å². The van der Waals surface area contributed by atoms with E-state index < -0.39 is 29.8 Å². The molecular weight excluding hydrogens is 289 g/mol. The van der Waals surface area contributed by atoms with Crippen LogP contribution in [-0.4, -0.2) is 39.5 Å². The molecule has 5 nitrogen and oxygen atoms in total. The van der Waals surface area contributed by atoms with Crippen LogP contribution in [0.2, 0.25) is 0 Å². The Labute approximate surface area is 118 Å². The van der Waals surface area contributed by atoms with Crippen molar-refractivity contribution in [3.63, 3.8) is 0 Å². The maximum atomic E-state index is 12.6. The van der Waals surface area contributed by atoms with E-state index in [0.29, 0.717) is 6.07 Å². The van der Waals surface area contributed by atoms with Gasteiger partial charge in [-0.2, -0.15) is 13.2 Å². The maximum Gasteiger partial charge on any atom is 0.433 e. The first-order chi connectivity index (χ1) is 9.70. The quantitative estimate of drug-likeness (QED) is 0.907. The maximum absolute atomic E-state index is 12.6. The normalized spacial score (nSPS) is 22.4. The molecule has 1 amide bonds. The van der Waals surface area contributed by atoms with E-state index in [1.807, 2.05) is 0 Å². The molecule has 1 aromatic heterocycles. The van der Waals surface area contributed by atoms with Crippen LogP contribution >= 0.6 is 0 Å². The van der Waals surface area contributed by atoms with Crippen molar-refractivity contribution >= 4 is 11.9 Å². The summed E-state index contributed by atoms with van der Waals surface area (Å²) in [6.45, 7) is 2.00. The first kappa shape index (κ1) is 15.3. The summed E-state index contributed by atoms with van der Waals surface area (Å²) >= 11 is 0. The Morgan fingerprint density at radius 1 is 1.43 bits per heavy atom. The van der Waals surface area contributed by atoms with Gasteiger partial charge in [-0.3, -0.25) is 9.78 Å². The molecule has 1 N–H and O–H groups in total. The third-order valence-corrected chi connectivity index (χ3v) is 3.35. The predicted molar refractivity (Wildman–Crippen MR) is 65.5 cm³/mol. The minimum atomic E-state index is -4.65. The third kappa shape index (κ3) is 3.14. The summed E-state index contributed by atoms with van der Waals surface area (Å²) < 4.78 is 37.8. The zero-order valence-electron chi connectivity index (χ0n) is 11.1. The number of aromatic nitrogens is 1. The molecule has 0 radical (unpaired) electrons. The summed E-state index contributed by atoms with van der Waals surface area (Å²) in [7, 11) is 0. The predicted octanol–water partition coefficient (Wildman–Crippen LogP) is 2.04. The zero-order chi connectivity index (χ0) is 15.8. The standard InChI is InChI=1S/C13H13F3N2O3/c1-7-4-9(12(20)21)18(6-7)11(19)8-2-3-17-10(5-8)13(14,15)16/h2-3,5,7,9H,4,6H2,1H3,(H,20,21)/t7-,9-/m1/s1. The molecule has 2 atom stereocenters. The molecular formula is C13H13F3N2O3. The molecule has 0 saturated carbocycles. The number of pyridine rings is 1. The number of rotatable bonds is 2. The fraction of sp³-hybridized carbons (Fsp3) is 0.462. The topological polar surface area (TPSA) is 70.5 Å². The highest BCUT2D eigenvalue weighted by molar-refractivity contribution is 5.97. The summed E-state index contributed by atoms with van der Waals surface area (Å²) in [4.78, 5) is 27.7. The first-order valence-electron chi connectivity index (χ1n) is 6.27. The van der Waals surface area contributed by atoms with Crippen molar-refractivity contribution in [3.05, 3.63) is 29.6 Å². The third-order valence-electron chi connectivity index (χ3n) is 3.35. The van der Waals surface area contributed by atoms with E-state index in [1.165, 1.54) is 0 Å². The number of hydrogen-bond acceptors (Lipinski definition) is 3. The van der Waals surface area contributed by atoms with Gasteiger partial charge in [0.2, 0.25) is 0 Å². The number of carbonyl (C=O) groups is 2. The number of hydrogen-bond donors (Lipinski definition) is 1. The van der Waals surface area contributed by atoms with E-state index in [9.17, 15) is 22.8 Å². The van der Waals surface area contributed by atoms with Crippen LogP contribution in [0.3, 0.4) is 0 Å². The van der Waals surface area contributed by atoms with Gasteiger partial charge in [-0.1, -0.05) is 6.92 Å². The van der Waals surface area contributed by atoms with Gasteiger partial charge in [0.25, 0.3) is 5.91 Å². The van der Waals surface area contributed by atoms with E-state index >= 15 is 0 Å². The Kier molecular flexibility index (Phi) is 3.89. The van der Waals surface area contributed by atoms with Crippen LogP contribution in [-0.2, 0) is 11.0 Å². The number of carboxylic acid groups (broad SMARTS) is 1. The minimum Gasteiger partial charge on any atom is -0.480 e.